The van der Waals surface area contributed by atoms with Gasteiger partial charge in [0.1, 0.15) is 11.5 Å². The number of nitrogens with zero attached hydrogens (tertiary/aromatic N) is 2. The summed E-state index contributed by atoms with van der Waals surface area (Å²) in [7, 11) is -0.0617. The number of hydrogen-bond donors (Lipinski definition) is 3. The largest absolute Gasteiger partial charge is 2.00 e. The molecular weight excluding hydrogens is 541 g/mol. The second-order valence-electron chi connectivity index (χ2n) is 5.14. The van der Waals surface area contributed by atoms with Crippen LogP contribution in [-0.2, 0) is 35.3 Å². The number of carbonyl (C=O) groups excluding carboxylic acids is 2. The summed E-state index contributed by atoms with van der Waals surface area (Å²) in [5.74, 6) is -0.648. The summed E-state index contributed by atoms with van der Waals surface area (Å²) in [6.45, 7) is 1.14. The standard InChI is InChI=1S/C16H12BN3O5S.W/c1-20-14(16(23)19-12-7-2-3-8-18-12)15(22)13-10(17(24)25-9-21)5-4-6-11(13)26-20;/h2-4,6-8,22,24H,1H3,(H,18,19,23);/q-2;+2. The Morgan fingerprint density at radius 3 is 2.89 bits per heavy atom. The Bertz CT molecular complexity index is 884. The Kier molecular flexibility index (Phi) is 7.07. The van der Waals surface area contributed by atoms with Gasteiger partial charge in [0.05, 0.1) is 5.76 Å². The van der Waals surface area contributed by atoms with E-state index in [1.54, 1.807) is 31.3 Å². The predicted octanol–water partition coefficient (Wildman–Crippen LogP) is 0.468. The number of aromatic nitrogens is 1. The number of amides is 1. The number of fused-ring (bicyclic) bond motifs is 1. The van der Waals surface area contributed by atoms with Crippen LogP contribution >= 0.6 is 11.9 Å². The molecule has 1 amide bonds. The number of aliphatic hydroxyl groups excluding tert-OH is 1. The van der Waals surface area contributed by atoms with Crippen molar-refractivity contribution < 1.29 is 45.4 Å². The number of nitrogens with one attached hydrogen (secondary N) is 1. The molecule has 0 spiro atoms. The number of anilines is 1. The smallest absolute Gasteiger partial charge is 0.702 e. The summed E-state index contributed by atoms with van der Waals surface area (Å²) < 4.78 is 5.90. The Labute approximate surface area is 174 Å². The van der Waals surface area contributed by atoms with Crippen LogP contribution in [0, 0.1) is 6.07 Å². The average molecular weight is 553 g/mol. The Balaban J connectivity index is 0.00000261. The third-order valence-corrected chi connectivity index (χ3v) is 4.52. The molecule has 0 atom stereocenters. The van der Waals surface area contributed by atoms with E-state index in [4.69, 9.17) is 0 Å². The molecule has 2 aromatic rings. The van der Waals surface area contributed by atoms with Gasteiger partial charge in [-0.1, -0.05) is 23.0 Å². The van der Waals surface area contributed by atoms with Crippen molar-refractivity contribution in [1.82, 2.24) is 9.29 Å². The minimum atomic E-state index is -1.67. The molecule has 8 nitrogen and oxygen atoms in total. The molecule has 0 radical (unpaired) electrons. The normalized spacial score (nSPS) is 12.6. The molecule has 1 aromatic carbocycles. The summed E-state index contributed by atoms with van der Waals surface area (Å²) in [5, 5.41) is 23.2. The molecule has 1 aliphatic heterocycles. The van der Waals surface area contributed by atoms with E-state index in [1.165, 1.54) is 16.6 Å². The summed E-state index contributed by atoms with van der Waals surface area (Å²) in [6.07, 6.45) is 1.52. The van der Waals surface area contributed by atoms with Gasteiger partial charge in [-0.15, -0.1) is 5.46 Å². The van der Waals surface area contributed by atoms with Crippen LogP contribution in [0.25, 0.3) is 5.76 Å². The molecule has 0 saturated heterocycles. The molecule has 0 aliphatic carbocycles. The van der Waals surface area contributed by atoms with E-state index in [0.717, 1.165) is 18.4 Å². The van der Waals surface area contributed by atoms with Gasteiger partial charge in [0, 0.05) is 13.2 Å². The molecule has 1 aliphatic rings. The number of likely N-dealkylation sites (N-methyl/N-ethyl adjacent to an activating group) is 1. The van der Waals surface area contributed by atoms with Gasteiger partial charge in [0.2, 0.25) is 0 Å². The first-order valence-corrected chi connectivity index (χ1v) is 8.13. The number of hydrogen-bond acceptors (Lipinski definition) is 8. The maximum Gasteiger partial charge on any atom is 2.00 e. The van der Waals surface area contributed by atoms with Crippen LogP contribution in [-0.4, -0.2) is 46.0 Å². The maximum atomic E-state index is 12.6. The number of benzene rings is 1. The molecule has 3 N–H and O–H groups in total. The van der Waals surface area contributed by atoms with Gasteiger partial charge in [0.15, 0.2) is 0 Å². The van der Waals surface area contributed by atoms with Gasteiger partial charge in [-0.2, -0.15) is 18.2 Å². The van der Waals surface area contributed by atoms with Gasteiger partial charge in [-0.05, 0) is 24.1 Å². The van der Waals surface area contributed by atoms with Crippen LogP contribution in [0.15, 0.2) is 47.1 Å². The maximum absolute atomic E-state index is 12.6. The van der Waals surface area contributed by atoms with Crippen molar-refractivity contribution >= 4 is 48.5 Å². The molecule has 2 heterocycles. The summed E-state index contributed by atoms with van der Waals surface area (Å²) >= 11 is 1.16. The molecule has 0 bridgehead atoms. The van der Waals surface area contributed by atoms with Crippen LogP contribution < -0.4 is 10.8 Å². The predicted molar refractivity (Wildman–Crippen MR) is 95.7 cm³/mol. The second kappa shape index (κ2) is 9.08. The second-order valence-corrected chi connectivity index (χ2v) is 6.31. The molecule has 11 heteroatoms. The fourth-order valence-corrected chi connectivity index (χ4v) is 3.42. The Morgan fingerprint density at radius 1 is 1.44 bits per heavy atom. The van der Waals surface area contributed by atoms with E-state index >= 15 is 0 Å². The minimum absolute atomic E-state index is 0. The van der Waals surface area contributed by atoms with Crippen LogP contribution in [0.5, 0.6) is 0 Å². The summed E-state index contributed by atoms with van der Waals surface area (Å²) in [5.41, 5.74) is 0.132. The monoisotopic (exact) mass is 553 g/mol. The molecule has 3 rings (SSSR count). The molecule has 1 aromatic heterocycles. The van der Waals surface area contributed by atoms with Gasteiger partial charge >= 0.3 is 28.2 Å². The summed E-state index contributed by atoms with van der Waals surface area (Å²) in [6, 6.07) is 10.9. The molecule has 136 valence electrons. The molecule has 0 unspecified atom stereocenters. The van der Waals surface area contributed by atoms with Gasteiger partial charge in [-0.3, -0.25) is 4.79 Å². The fourth-order valence-electron chi connectivity index (χ4n) is 2.44. The zero-order chi connectivity index (χ0) is 18.7. The first-order chi connectivity index (χ1) is 12.5. The molecule has 0 saturated carbocycles. The van der Waals surface area contributed by atoms with E-state index in [2.05, 4.69) is 21.0 Å². The van der Waals surface area contributed by atoms with E-state index in [9.17, 15) is 19.7 Å². The Morgan fingerprint density at radius 2 is 2.22 bits per heavy atom. The number of aliphatic hydroxyl groups is 1. The zero-order valence-electron chi connectivity index (χ0n) is 13.9. The van der Waals surface area contributed by atoms with Gasteiger partial charge < -0.3 is 29.2 Å². The molecule has 27 heavy (non-hydrogen) atoms. The van der Waals surface area contributed by atoms with E-state index in [0.29, 0.717) is 10.7 Å². The first-order valence-electron chi connectivity index (χ1n) is 7.36. The van der Waals surface area contributed by atoms with Gasteiger partial charge in [0.25, 0.3) is 5.91 Å². The summed E-state index contributed by atoms with van der Waals surface area (Å²) in [4.78, 5) is 27.6. The third kappa shape index (κ3) is 4.35. The number of carbonyl (C=O) groups is 1. The first kappa shape index (κ1) is 21.0. The van der Waals surface area contributed by atoms with Gasteiger partial charge in [-0.25, -0.2) is 4.98 Å². The van der Waals surface area contributed by atoms with Crippen LogP contribution in [0.2, 0.25) is 0 Å². The van der Waals surface area contributed by atoms with Crippen molar-refractivity contribution in [2.75, 3.05) is 12.4 Å². The van der Waals surface area contributed by atoms with Crippen molar-refractivity contribution in [3.8, 4) is 0 Å². The van der Waals surface area contributed by atoms with E-state index in [-0.39, 0.29) is 43.5 Å². The van der Waals surface area contributed by atoms with E-state index < -0.39 is 13.0 Å². The number of rotatable bonds is 5. The SMILES string of the molecule is CN1Sc2cc[c-]c(B(O)O[C-]=O)c2C(O)=C1C(=O)Nc1ccccn1.[W+2]. The Hall–Kier alpha value is -2.29. The van der Waals surface area contributed by atoms with Crippen molar-refractivity contribution in [2.24, 2.45) is 0 Å². The van der Waals surface area contributed by atoms with Crippen LogP contribution in [0.3, 0.4) is 0 Å². The fraction of sp³-hybridized carbons (Fsp3) is 0.0625. The average Bonchev–Trinajstić information content (AvgIpc) is 2.62. The van der Waals surface area contributed by atoms with Crippen LogP contribution in [0.4, 0.5) is 5.82 Å². The van der Waals surface area contributed by atoms with Crippen molar-refractivity contribution in [3.63, 3.8) is 0 Å². The zero-order valence-corrected chi connectivity index (χ0v) is 17.6. The van der Waals surface area contributed by atoms with Crippen molar-refractivity contribution in [1.29, 1.82) is 0 Å². The topological polar surface area (TPSA) is 112 Å². The van der Waals surface area contributed by atoms with E-state index in [1.807, 2.05) is 0 Å². The van der Waals surface area contributed by atoms with Crippen LogP contribution in [0.1, 0.15) is 5.56 Å². The number of pyridine rings is 1. The third-order valence-electron chi connectivity index (χ3n) is 3.53. The minimum Gasteiger partial charge on any atom is -0.702 e. The van der Waals surface area contributed by atoms with Crippen molar-refractivity contribution in [2.45, 2.75) is 4.90 Å². The molecule has 0 fully saturated rings. The molecular formula is C16H12BN3O5SW. The quantitative estimate of drug-likeness (QED) is 0.279. The van der Waals surface area contributed by atoms with Crippen molar-refractivity contribution in [3.05, 3.63) is 53.9 Å².